The van der Waals surface area contributed by atoms with Crippen LogP contribution in [0.4, 0.5) is 0 Å². The zero-order valence-electron chi connectivity index (χ0n) is 12.6. The molecule has 2 N–H and O–H groups in total. The average molecular weight is 292 g/mol. The minimum Gasteiger partial charge on any atom is -0.375 e. The number of amides is 1. The van der Waals surface area contributed by atoms with Gasteiger partial charge >= 0.3 is 0 Å². The summed E-state index contributed by atoms with van der Waals surface area (Å²) in [6.07, 6.45) is 6.94. The molecule has 2 fully saturated rings. The van der Waals surface area contributed by atoms with Gasteiger partial charge in [0.25, 0.3) is 0 Å². The SMILES string of the molecule is C[C@H]1OCCN(Cc2ccn(C3CCCC3)n2)[C@@H]1C(N)=O. The maximum atomic E-state index is 11.7. The quantitative estimate of drug-likeness (QED) is 0.901. The van der Waals surface area contributed by atoms with Gasteiger partial charge < -0.3 is 10.5 Å². The molecular formula is C15H24N4O2. The van der Waals surface area contributed by atoms with Gasteiger partial charge in [0.2, 0.25) is 5.91 Å². The monoisotopic (exact) mass is 292 g/mol. The maximum Gasteiger partial charge on any atom is 0.237 e. The number of rotatable bonds is 4. The predicted molar refractivity (Wildman–Crippen MR) is 78.5 cm³/mol. The molecule has 1 aromatic rings. The zero-order chi connectivity index (χ0) is 14.8. The van der Waals surface area contributed by atoms with E-state index in [0.717, 1.165) is 5.69 Å². The lowest BCUT2D eigenvalue weighted by atomic mass is 10.1. The molecule has 2 aliphatic rings. The Morgan fingerprint density at radius 3 is 2.95 bits per heavy atom. The van der Waals surface area contributed by atoms with Crippen LogP contribution in [-0.2, 0) is 16.1 Å². The molecule has 1 aliphatic heterocycles. The summed E-state index contributed by atoms with van der Waals surface area (Å²) in [5, 5.41) is 4.69. The van der Waals surface area contributed by atoms with Crippen molar-refractivity contribution in [2.75, 3.05) is 13.2 Å². The Bertz CT molecular complexity index is 496. The number of nitrogens with two attached hydrogens (primary N) is 1. The summed E-state index contributed by atoms with van der Waals surface area (Å²) < 4.78 is 7.63. The van der Waals surface area contributed by atoms with Crippen LogP contribution < -0.4 is 5.73 Å². The number of ether oxygens (including phenoxy) is 1. The van der Waals surface area contributed by atoms with Crippen LogP contribution in [0.25, 0.3) is 0 Å². The average Bonchev–Trinajstić information content (AvgIpc) is 3.08. The van der Waals surface area contributed by atoms with Crippen molar-refractivity contribution in [1.29, 1.82) is 0 Å². The molecule has 0 aromatic carbocycles. The molecule has 1 aromatic heterocycles. The molecule has 6 heteroatoms. The summed E-state index contributed by atoms with van der Waals surface area (Å²) >= 11 is 0. The minimum atomic E-state index is -0.365. The first kappa shape index (κ1) is 14.5. The molecule has 21 heavy (non-hydrogen) atoms. The van der Waals surface area contributed by atoms with Crippen LogP contribution in [0.2, 0.25) is 0 Å². The molecule has 0 bridgehead atoms. The Labute approximate surface area is 125 Å². The van der Waals surface area contributed by atoms with Gasteiger partial charge in [-0.05, 0) is 25.8 Å². The molecule has 6 nitrogen and oxygen atoms in total. The fraction of sp³-hybridized carbons (Fsp3) is 0.733. The molecule has 1 amide bonds. The van der Waals surface area contributed by atoms with Crippen molar-refractivity contribution >= 4 is 5.91 Å². The Morgan fingerprint density at radius 2 is 2.24 bits per heavy atom. The van der Waals surface area contributed by atoms with Crippen molar-refractivity contribution < 1.29 is 9.53 Å². The van der Waals surface area contributed by atoms with E-state index < -0.39 is 0 Å². The van der Waals surface area contributed by atoms with Gasteiger partial charge in [-0.25, -0.2) is 0 Å². The molecule has 1 saturated carbocycles. The molecule has 116 valence electrons. The summed E-state index contributed by atoms with van der Waals surface area (Å²) in [7, 11) is 0. The molecule has 2 atom stereocenters. The summed E-state index contributed by atoms with van der Waals surface area (Å²) in [6, 6.07) is 2.24. The van der Waals surface area contributed by atoms with Crippen LogP contribution in [0.3, 0.4) is 0 Å². The number of hydrogen-bond donors (Lipinski definition) is 1. The molecule has 0 radical (unpaired) electrons. The smallest absolute Gasteiger partial charge is 0.237 e. The number of aromatic nitrogens is 2. The first-order valence-electron chi connectivity index (χ1n) is 7.84. The van der Waals surface area contributed by atoms with Gasteiger partial charge in [-0.3, -0.25) is 14.4 Å². The third-order valence-corrected chi connectivity index (χ3v) is 4.62. The third kappa shape index (κ3) is 3.11. The van der Waals surface area contributed by atoms with Gasteiger partial charge in [-0.2, -0.15) is 5.10 Å². The summed E-state index contributed by atoms with van der Waals surface area (Å²) in [5.41, 5.74) is 6.52. The molecule has 0 spiro atoms. The normalized spacial score (nSPS) is 28.0. The number of hydrogen-bond acceptors (Lipinski definition) is 4. The van der Waals surface area contributed by atoms with Crippen molar-refractivity contribution in [3.05, 3.63) is 18.0 Å². The second kappa shape index (κ2) is 6.15. The molecule has 3 rings (SSSR count). The number of primary amides is 1. The minimum absolute atomic E-state index is 0.159. The van der Waals surface area contributed by atoms with Gasteiger partial charge in [0.1, 0.15) is 6.04 Å². The van der Waals surface area contributed by atoms with E-state index in [1.165, 1.54) is 25.7 Å². The van der Waals surface area contributed by atoms with E-state index in [1.54, 1.807) is 0 Å². The highest BCUT2D eigenvalue weighted by molar-refractivity contribution is 5.80. The van der Waals surface area contributed by atoms with E-state index in [0.29, 0.717) is 25.7 Å². The fourth-order valence-electron chi connectivity index (χ4n) is 3.51. The van der Waals surface area contributed by atoms with Crippen molar-refractivity contribution in [3.8, 4) is 0 Å². The standard InChI is InChI=1S/C15H24N4O2/c1-11-14(15(16)20)18(8-9-21-11)10-12-6-7-19(17-12)13-4-2-3-5-13/h6-7,11,13-14H,2-5,8-10H2,1H3,(H2,16,20)/t11-,14+/m1/s1. The van der Waals surface area contributed by atoms with Gasteiger partial charge in [0.15, 0.2) is 0 Å². The highest BCUT2D eigenvalue weighted by atomic mass is 16.5. The maximum absolute atomic E-state index is 11.7. The molecule has 0 unspecified atom stereocenters. The van der Waals surface area contributed by atoms with Gasteiger partial charge in [0, 0.05) is 19.3 Å². The van der Waals surface area contributed by atoms with E-state index in [1.807, 2.05) is 6.92 Å². The number of carbonyl (C=O) groups is 1. The van der Waals surface area contributed by atoms with Crippen molar-refractivity contribution in [2.24, 2.45) is 5.73 Å². The van der Waals surface area contributed by atoms with Crippen LogP contribution in [0.15, 0.2) is 12.3 Å². The van der Waals surface area contributed by atoms with Gasteiger partial charge in [-0.15, -0.1) is 0 Å². The summed E-state index contributed by atoms with van der Waals surface area (Å²) in [4.78, 5) is 13.7. The summed E-state index contributed by atoms with van der Waals surface area (Å²) in [5.74, 6) is -0.322. The van der Waals surface area contributed by atoms with Gasteiger partial charge in [0.05, 0.1) is 24.4 Å². The first-order chi connectivity index (χ1) is 10.1. The molecule has 1 saturated heterocycles. The highest BCUT2D eigenvalue weighted by Crippen LogP contribution is 2.29. The molecule has 1 aliphatic carbocycles. The molecule has 2 heterocycles. The van der Waals surface area contributed by atoms with E-state index in [2.05, 4.69) is 26.9 Å². The largest absolute Gasteiger partial charge is 0.375 e. The topological polar surface area (TPSA) is 73.4 Å². The van der Waals surface area contributed by atoms with Crippen LogP contribution in [0.1, 0.15) is 44.3 Å². The third-order valence-electron chi connectivity index (χ3n) is 4.62. The van der Waals surface area contributed by atoms with Crippen molar-refractivity contribution in [2.45, 2.75) is 57.3 Å². The number of carbonyl (C=O) groups excluding carboxylic acids is 1. The Morgan fingerprint density at radius 1 is 1.48 bits per heavy atom. The Kier molecular flexibility index (Phi) is 4.26. The predicted octanol–water partition coefficient (Wildman–Crippen LogP) is 1.07. The van der Waals surface area contributed by atoms with Crippen LogP contribution >= 0.6 is 0 Å². The van der Waals surface area contributed by atoms with E-state index in [4.69, 9.17) is 10.5 Å². The Balaban J connectivity index is 1.68. The second-order valence-corrected chi connectivity index (χ2v) is 6.12. The van der Waals surface area contributed by atoms with Crippen molar-refractivity contribution in [1.82, 2.24) is 14.7 Å². The van der Waals surface area contributed by atoms with E-state index in [9.17, 15) is 4.79 Å². The van der Waals surface area contributed by atoms with Crippen LogP contribution in [-0.4, -0.2) is 45.9 Å². The van der Waals surface area contributed by atoms with Crippen LogP contribution in [0.5, 0.6) is 0 Å². The fourth-order valence-corrected chi connectivity index (χ4v) is 3.51. The number of morpholine rings is 1. The number of nitrogens with zero attached hydrogens (tertiary/aromatic N) is 3. The van der Waals surface area contributed by atoms with E-state index >= 15 is 0 Å². The van der Waals surface area contributed by atoms with Gasteiger partial charge in [-0.1, -0.05) is 12.8 Å². The summed E-state index contributed by atoms with van der Waals surface area (Å²) in [6.45, 7) is 3.91. The lowest BCUT2D eigenvalue weighted by Gasteiger charge is -2.37. The zero-order valence-corrected chi connectivity index (χ0v) is 12.6. The lowest BCUT2D eigenvalue weighted by molar-refractivity contribution is -0.136. The van der Waals surface area contributed by atoms with Crippen LogP contribution in [0, 0.1) is 0 Å². The van der Waals surface area contributed by atoms with E-state index in [-0.39, 0.29) is 18.1 Å². The van der Waals surface area contributed by atoms with Crippen molar-refractivity contribution in [3.63, 3.8) is 0 Å². The first-order valence-corrected chi connectivity index (χ1v) is 7.84. The highest BCUT2D eigenvalue weighted by Gasteiger charge is 2.34. The second-order valence-electron chi connectivity index (χ2n) is 6.12. The lowest BCUT2D eigenvalue weighted by Crippen LogP contribution is -2.56. The molecular weight excluding hydrogens is 268 g/mol. The Hall–Kier alpha value is -1.40.